The highest BCUT2D eigenvalue weighted by Gasteiger charge is 2.55. The number of nitrogen functional groups attached to an aromatic ring is 1. The van der Waals surface area contributed by atoms with Crippen molar-refractivity contribution in [1.29, 1.82) is 0 Å². The summed E-state index contributed by atoms with van der Waals surface area (Å²) in [5.74, 6) is -3.70. The van der Waals surface area contributed by atoms with E-state index in [0.717, 1.165) is 10.9 Å². The number of aliphatic hydroxyl groups excluding tert-OH is 3. The number of hydrogen-bond acceptors (Lipinski definition) is 8. The van der Waals surface area contributed by atoms with Gasteiger partial charge in [-0.3, -0.25) is 9.36 Å². The fourth-order valence-electron chi connectivity index (χ4n) is 1.94. The van der Waals surface area contributed by atoms with Crippen LogP contribution >= 0.6 is 0 Å². The zero-order valence-electron chi connectivity index (χ0n) is 9.67. The van der Waals surface area contributed by atoms with Gasteiger partial charge in [-0.25, -0.2) is 4.98 Å². The maximum atomic E-state index is 11.0. The first-order valence-corrected chi connectivity index (χ1v) is 5.33. The number of nitrogens with two attached hydrogens (primary N) is 2. The Morgan fingerprint density at radius 3 is 2.63 bits per heavy atom. The summed E-state index contributed by atoms with van der Waals surface area (Å²) in [6, 6.07) is 0. The van der Waals surface area contributed by atoms with Crippen molar-refractivity contribution >= 4 is 11.7 Å². The van der Waals surface area contributed by atoms with Crippen LogP contribution in [0.2, 0.25) is 0 Å². The molecule has 0 aromatic carbocycles. The number of carbonyl (C=O) groups excluding carboxylic acids is 1. The molecule has 8 N–H and O–H groups in total. The van der Waals surface area contributed by atoms with E-state index in [1.807, 2.05) is 0 Å². The first kappa shape index (κ1) is 13.7. The van der Waals surface area contributed by atoms with Crippen molar-refractivity contribution in [1.82, 2.24) is 9.55 Å². The number of ether oxygens (including phenoxy) is 1. The van der Waals surface area contributed by atoms with Crippen LogP contribution in [0.5, 0.6) is 0 Å². The van der Waals surface area contributed by atoms with Gasteiger partial charge in [0.2, 0.25) is 0 Å². The fraction of sp³-hybridized carbons (Fsp3) is 0.556. The van der Waals surface area contributed by atoms with Crippen LogP contribution in [0.3, 0.4) is 0 Å². The summed E-state index contributed by atoms with van der Waals surface area (Å²) in [6.45, 7) is -0.627. The van der Waals surface area contributed by atoms with E-state index >= 15 is 0 Å². The van der Waals surface area contributed by atoms with Crippen LogP contribution in [-0.4, -0.2) is 60.8 Å². The fourth-order valence-corrected chi connectivity index (χ4v) is 1.94. The molecule has 19 heavy (non-hydrogen) atoms. The molecule has 1 aromatic rings. The van der Waals surface area contributed by atoms with Crippen LogP contribution in [0, 0.1) is 0 Å². The van der Waals surface area contributed by atoms with E-state index in [-0.39, 0.29) is 11.5 Å². The van der Waals surface area contributed by atoms with Crippen molar-refractivity contribution in [3.63, 3.8) is 0 Å². The maximum absolute atomic E-state index is 11.0. The number of amides is 1. The Morgan fingerprint density at radius 2 is 2.21 bits per heavy atom. The molecule has 2 rings (SSSR count). The molecule has 10 heteroatoms. The molecule has 1 aliphatic heterocycles. The summed E-state index contributed by atoms with van der Waals surface area (Å²) in [4.78, 5) is 14.6. The van der Waals surface area contributed by atoms with Crippen molar-refractivity contribution in [2.45, 2.75) is 24.2 Å². The van der Waals surface area contributed by atoms with Crippen molar-refractivity contribution in [2.75, 3.05) is 12.3 Å². The maximum Gasteiger partial charge on any atom is 0.286 e. The lowest BCUT2D eigenvalue weighted by molar-refractivity contribution is -0.287. The van der Waals surface area contributed by atoms with Crippen LogP contribution in [0.4, 0.5) is 5.82 Å². The third kappa shape index (κ3) is 1.86. The largest absolute Gasteiger partial charge is 0.394 e. The van der Waals surface area contributed by atoms with E-state index in [2.05, 4.69) is 4.98 Å². The van der Waals surface area contributed by atoms with E-state index < -0.39 is 36.7 Å². The minimum atomic E-state index is -2.45. The molecule has 1 aromatic heterocycles. The van der Waals surface area contributed by atoms with E-state index in [1.165, 1.54) is 0 Å². The van der Waals surface area contributed by atoms with Crippen molar-refractivity contribution in [3.8, 4) is 0 Å². The molecule has 0 aliphatic carbocycles. The Labute approximate surface area is 106 Å². The molecule has 0 saturated carbocycles. The molecule has 106 valence electrons. The molecule has 0 bridgehead atoms. The van der Waals surface area contributed by atoms with Crippen LogP contribution in [-0.2, 0) is 10.6 Å². The summed E-state index contributed by atoms with van der Waals surface area (Å²) in [6.07, 6.45) is -3.60. The summed E-state index contributed by atoms with van der Waals surface area (Å²) in [7, 11) is 0. The SMILES string of the molecule is NC(=O)c1ncn(C2(O)O[C@H](CO)[C@@H](O)[C@H]2O)c1N. The number of anilines is 1. The molecular weight excluding hydrogens is 260 g/mol. The van der Waals surface area contributed by atoms with Crippen LogP contribution < -0.4 is 11.5 Å². The van der Waals surface area contributed by atoms with Gasteiger partial charge >= 0.3 is 0 Å². The number of primary amides is 1. The number of aliphatic hydroxyl groups is 4. The molecule has 1 unspecified atom stereocenters. The van der Waals surface area contributed by atoms with Gasteiger partial charge in [0.1, 0.15) is 24.4 Å². The molecular formula is C9H14N4O6. The van der Waals surface area contributed by atoms with Gasteiger partial charge in [-0.2, -0.15) is 0 Å². The van der Waals surface area contributed by atoms with E-state index in [4.69, 9.17) is 21.3 Å². The summed E-state index contributed by atoms with van der Waals surface area (Å²) in [5.41, 5.74) is 10.3. The molecule has 10 nitrogen and oxygen atoms in total. The average Bonchev–Trinajstić information content (AvgIpc) is 2.84. The zero-order chi connectivity index (χ0) is 14.4. The first-order chi connectivity index (χ1) is 8.82. The minimum Gasteiger partial charge on any atom is -0.394 e. The Hall–Kier alpha value is -1.72. The van der Waals surface area contributed by atoms with Gasteiger partial charge in [0.25, 0.3) is 11.8 Å². The lowest BCUT2D eigenvalue weighted by Gasteiger charge is -2.27. The van der Waals surface area contributed by atoms with Crippen LogP contribution in [0.1, 0.15) is 10.5 Å². The standard InChI is InChI=1S/C9H14N4O6/c10-7-4(8(11)17)12-2-13(7)9(18)6(16)5(15)3(1-14)19-9/h2-3,5-6,14-16,18H,1,10H2,(H2,11,17)/t3-,5-,6-,9?/m1/s1. The minimum absolute atomic E-state index is 0.314. The highest BCUT2D eigenvalue weighted by Crippen LogP contribution is 2.35. The monoisotopic (exact) mass is 274 g/mol. The molecule has 1 fully saturated rings. The number of nitrogens with zero attached hydrogens (tertiary/aromatic N) is 2. The lowest BCUT2D eigenvalue weighted by atomic mass is 10.1. The highest BCUT2D eigenvalue weighted by atomic mass is 16.7. The van der Waals surface area contributed by atoms with E-state index in [1.54, 1.807) is 0 Å². The van der Waals surface area contributed by atoms with Gasteiger partial charge < -0.3 is 36.6 Å². The second-order valence-corrected chi connectivity index (χ2v) is 4.15. The van der Waals surface area contributed by atoms with Crippen molar-refractivity contribution in [3.05, 3.63) is 12.0 Å². The number of hydrogen-bond donors (Lipinski definition) is 6. The van der Waals surface area contributed by atoms with Crippen molar-refractivity contribution < 1.29 is 30.0 Å². The lowest BCUT2D eigenvalue weighted by Crippen LogP contribution is -2.45. The van der Waals surface area contributed by atoms with Gasteiger partial charge in [-0.1, -0.05) is 0 Å². The van der Waals surface area contributed by atoms with Gasteiger partial charge in [-0.05, 0) is 0 Å². The third-order valence-corrected chi connectivity index (χ3v) is 2.98. The van der Waals surface area contributed by atoms with E-state index in [0.29, 0.717) is 0 Å². The highest BCUT2D eigenvalue weighted by molar-refractivity contribution is 5.95. The number of aromatic nitrogens is 2. The van der Waals surface area contributed by atoms with Gasteiger partial charge in [0.15, 0.2) is 11.8 Å². The van der Waals surface area contributed by atoms with Gasteiger partial charge in [0.05, 0.1) is 6.61 Å². The molecule has 0 radical (unpaired) electrons. The summed E-state index contributed by atoms with van der Waals surface area (Å²) >= 11 is 0. The molecule has 0 spiro atoms. The molecule has 1 amide bonds. The predicted octanol–water partition coefficient (Wildman–Crippen LogP) is -3.72. The quantitative estimate of drug-likeness (QED) is 0.326. The Kier molecular flexibility index (Phi) is 3.20. The zero-order valence-corrected chi connectivity index (χ0v) is 9.67. The second kappa shape index (κ2) is 4.43. The Balaban J connectivity index is 2.43. The normalized spacial score (nSPS) is 34.6. The number of rotatable bonds is 3. The van der Waals surface area contributed by atoms with E-state index in [9.17, 15) is 20.1 Å². The second-order valence-electron chi connectivity index (χ2n) is 4.15. The molecule has 2 heterocycles. The summed E-state index contributed by atoms with van der Waals surface area (Å²) in [5, 5.41) is 38.6. The van der Waals surface area contributed by atoms with Crippen molar-refractivity contribution in [2.24, 2.45) is 5.73 Å². The topological polar surface area (TPSA) is 177 Å². The molecule has 1 aliphatic rings. The Morgan fingerprint density at radius 1 is 1.58 bits per heavy atom. The van der Waals surface area contributed by atoms with Crippen LogP contribution in [0.25, 0.3) is 0 Å². The van der Waals surface area contributed by atoms with Gasteiger partial charge in [0, 0.05) is 0 Å². The molecule has 4 atom stereocenters. The first-order valence-electron chi connectivity index (χ1n) is 5.33. The number of imidazole rings is 1. The van der Waals surface area contributed by atoms with Crippen LogP contribution in [0.15, 0.2) is 6.33 Å². The average molecular weight is 274 g/mol. The smallest absolute Gasteiger partial charge is 0.286 e. The Bertz CT molecular complexity index is 505. The molecule has 1 saturated heterocycles. The van der Waals surface area contributed by atoms with Gasteiger partial charge in [-0.15, -0.1) is 0 Å². The summed E-state index contributed by atoms with van der Waals surface area (Å²) < 4.78 is 5.74. The predicted molar refractivity (Wildman–Crippen MR) is 59.3 cm³/mol. The number of carbonyl (C=O) groups is 1. The third-order valence-electron chi connectivity index (χ3n) is 2.98.